The molecule has 1 heterocycles. The molecule has 0 aliphatic heterocycles. The fraction of sp³-hybridized carbons (Fsp3) is 0. The van der Waals surface area contributed by atoms with Crippen molar-refractivity contribution in [2.24, 2.45) is 5.14 Å². The second kappa shape index (κ2) is 2.23. The van der Waals surface area contributed by atoms with Crippen LogP contribution in [0.3, 0.4) is 0 Å². The summed E-state index contributed by atoms with van der Waals surface area (Å²) in [4.78, 5) is 4.05. The molecule has 56 valence electrons. The van der Waals surface area contributed by atoms with Gasteiger partial charge >= 0.3 is 10.3 Å². The van der Waals surface area contributed by atoms with Crippen LogP contribution in [0.4, 0.5) is 0 Å². The Labute approximate surface area is 56.6 Å². The van der Waals surface area contributed by atoms with Gasteiger partial charge in [-0.25, -0.2) is 4.98 Å². The third kappa shape index (κ3) is 1.99. The highest BCUT2D eigenvalue weighted by molar-refractivity contribution is 7.84. The van der Waals surface area contributed by atoms with Crippen LogP contribution in [0.5, 0.6) is 0 Å². The topological polar surface area (TPSA) is 100 Å². The SMILES string of the molecule is NS(=O)(=O)On1cncn1. The molecule has 0 spiro atoms. The molecule has 0 aliphatic rings. The molecule has 2 N–H and O–H groups in total. The molecule has 0 atom stereocenters. The van der Waals surface area contributed by atoms with E-state index in [1.807, 2.05) is 0 Å². The Morgan fingerprint density at radius 3 is 2.70 bits per heavy atom. The van der Waals surface area contributed by atoms with Crippen molar-refractivity contribution >= 4 is 10.3 Å². The highest BCUT2D eigenvalue weighted by Gasteiger charge is 2.02. The van der Waals surface area contributed by atoms with Crippen LogP contribution in [0.25, 0.3) is 0 Å². The van der Waals surface area contributed by atoms with Gasteiger partial charge in [0.05, 0.1) is 0 Å². The van der Waals surface area contributed by atoms with Gasteiger partial charge in [0.25, 0.3) is 0 Å². The Bertz CT molecular complexity index is 288. The number of nitrogens with two attached hydrogens (primary N) is 1. The van der Waals surface area contributed by atoms with Gasteiger partial charge in [-0.15, -0.1) is 5.10 Å². The predicted molar refractivity (Wildman–Crippen MR) is 29.7 cm³/mol. The Kier molecular flexibility index (Phi) is 1.55. The van der Waals surface area contributed by atoms with Gasteiger partial charge in [0.1, 0.15) is 6.33 Å². The zero-order valence-electron chi connectivity index (χ0n) is 4.71. The van der Waals surface area contributed by atoms with Crippen molar-refractivity contribution in [2.75, 3.05) is 0 Å². The van der Waals surface area contributed by atoms with E-state index in [9.17, 15) is 8.42 Å². The van der Waals surface area contributed by atoms with E-state index in [1.165, 1.54) is 0 Å². The summed E-state index contributed by atoms with van der Waals surface area (Å²) in [5, 5.41) is 7.81. The minimum absolute atomic E-state index is 0.634. The fourth-order valence-corrected chi connectivity index (χ4v) is 0.632. The van der Waals surface area contributed by atoms with Gasteiger partial charge in [0.2, 0.25) is 0 Å². The molecule has 8 heteroatoms. The van der Waals surface area contributed by atoms with Crippen molar-refractivity contribution in [2.45, 2.75) is 0 Å². The van der Waals surface area contributed by atoms with E-state index >= 15 is 0 Å². The lowest BCUT2D eigenvalue weighted by Crippen LogP contribution is -2.27. The van der Waals surface area contributed by atoms with Crippen LogP contribution in [0, 0.1) is 0 Å². The van der Waals surface area contributed by atoms with Gasteiger partial charge in [-0.3, -0.25) is 4.28 Å². The van der Waals surface area contributed by atoms with E-state index in [4.69, 9.17) is 0 Å². The van der Waals surface area contributed by atoms with Crippen LogP contribution in [0.2, 0.25) is 0 Å². The number of hydrogen-bond acceptors (Lipinski definition) is 5. The van der Waals surface area contributed by atoms with Gasteiger partial charge in [0, 0.05) is 0 Å². The number of rotatable bonds is 2. The Morgan fingerprint density at radius 1 is 1.60 bits per heavy atom. The molecule has 0 aromatic carbocycles. The first-order valence-corrected chi connectivity index (χ1v) is 3.62. The molecular formula is C2H4N4O3S. The van der Waals surface area contributed by atoms with Crippen molar-refractivity contribution in [3.05, 3.63) is 12.7 Å². The molecule has 1 rings (SSSR count). The van der Waals surface area contributed by atoms with Crippen LogP contribution in [0.15, 0.2) is 12.7 Å². The molecular weight excluding hydrogens is 160 g/mol. The van der Waals surface area contributed by atoms with Gasteiger partial charge in [0.15, 0.2) is 6.33 Å². The molecule has 0 aliphatic carbocycles. The molecule has 0 bridgehead atoms. The number of nitrogens with zero attached hydrogens (tertiary/aromatic N) is 3. The monoisotopic (exact) mass is 164 g/mol. The molecule has 0 saturated heterocycles. The van der Waals surface area contributed by atoms with Gasteiger partial charge in [-0.05, 0) is 0 Å². The number of hydrogen-bond donors (Lipinski definition) is 1. The van der Waals surface area contributed by atoms with Crippen LogP contribution < -0.4 is 9.42 Å². The van der Waals surface area contributed by atoms with Gasteiger partial charge in [-0.2, -0.15) is 13.6 Å². The first kappa shape index (κ1) is 6.96. The zero-order chi connectivity index (χ0) is 7.61. The normalized spacial score (nSPS) is 11.3. The van der Waals surface area contributed by atoms with E-state index in [-0.39, 0.29) is 0 Å². The lowest BCUT2D eigenvalue weighted by molar-refractivity contribution is 0.239. The average molecular weight is 164 g/mol. The minimum atomic E-state index is -3.99. The first-order chi connectivity index (χ1) is 4.58. The summed E-state index contributed by atoms with van der Waals surface area (Å²) < 4.78 is 24.4. The summed E-state index contributed by atoms with van der Waals surface area (Å²) in [6.07, 6.45) is 2.18. The zero-order valence-corrected chi connectivity index (χ0v) is 5.52. The van der Waals surface area contributed by atoms with E-state index in [0.29, 0.717) is 4.85 Å². The summed E-state index contributed by atoms with van der Waals surface area (Å²) in [5.74, 6) is 0. The molecule has 1 aromatic rings. The van der Waals surface area contributed by atoms with E-state index in [2.05, 4.69) is 19.5 Å². The fourth-order valence-electron chi connectivity index (χ4n) is 0.342. The lowest BCUT2D eigenvalue weighted by atomic mass is 11.3. The Hall–Kier alpha value is -1.15. The summed E-state index contributed by atoms with van der Waals surface area (Å²) in [6, 6.07) is 0. The molecule has 0 radical (unpaired) electrons. The third-order valence-corrected chi connectivity index (χ3v) is 0.938. The average Bonchev–Trinajstić information content (AvgIpc) is 2.12. The maximum atomic E-state index is 10.2. The molecule has 0 fully saturated rings. The third-order valence-electron chi connectivity index (χ3n) is 0.578. The summed E-state index contributed by atoms with van der Waals surface area (Å²) in [5.41, 5.74) is 0. The molecule has 0 amide bonds. The highest BCUT2D eigenvalue weighted by atomic mass is 32.2. The van der Waals surface area contributed by atoms with Crippen molar-refractivity contribution in [1.29, 1.82) is 0 Å². The first-order valence-electron chi connectivity index (χ1n) is 2.15. The Balaban J connectivity index is 2.75. The van der Waals surface area contributed by atoms with Crippen LogP contribution in [-0.4, -0.2) is 23.3 Å². The minimum Gasteiger partial charge on any atom is -0.256 e. The van der Waals surface area contributed by atoms with Gasteiger partial charge in [-0.1, -0.05) is 4.85 Å². The molecule has 0 unspecified atom stereocenters. The van der Waals surface area contributed by atoms with Crippen LogP contribution >= 0.6 is 0 Å². The second-order valence-electron chi connectivity index (χ2n) is 1.37. The quantitative estimate of drug-likeness (QED) is 0.540. The van der Waals surface area contributed by atoms with E-state index in [0.717, 1.165) is 12.7 Å². The standard InChI is InChI=1S/C2H4N4O3S/c3-10(7,8)9-6-2-4-1-5-6/h1-2H,(H2,3,7,8). The number of aromatic nitrogens is 3. The molecule has 7 nitrogen and oxygen atoms in total. The smallest absolute Gasteiger partial charge is 0.256 e. The summed E-state index contributed by atoms with van der Waals surface area (Å²) >= 11 is 0. The van der Waals surface area contributed by atoms with Crippen molar-refractivity contribution in [3.63, 3.8) is 0 Å². The molecule has 10 heavy (non-hydrogen) atoms. The molecule has 1 aromatic heterocycles. The lowest BCUT2D eigenvalue weighted by Gasteiger charge is -1.96. The van der Waals surface area contributed by atoms with E-state index < -0.39 is 10.3 Å². The van der Waals surface area contributed by atoms with Crippen molar-refractivity contribution in [3.8, 4) is 0 Å². The van der Waals surface area contributed by atoms with Crippen molar-refractivity contribution < 1.29 is 12.7 Å². The summed E-state index contributed by atoms with van der Waals surface area (Å²) in [7, 11) is -3.99. The van der Waals surface area contributed by atoms with Crippen LogP contribution in [0.1, 0.15) is 0 Å². The predicted octanol–water partition coefficient (Wildman–Crippen LogP) is -2.09. The maximum absolute atomic E-state index is 10.2. The van der Waals surface area contributed by atoms with E-state index in [1.54, 1.807) is 0 Å². The summed E-state index contributed by atoms with van der Waals surface area (Å²) in [6.45, 7) is 0. The van der Waals surface area contributed by atoms with Crippen LogP contribution in [-0.2, 0) is 10.3 Å². The Morgan fingerprint density at radius 2 is 2.30 bits per heavy atom. The second-order valence-corrected chi connectivity index (χ2v) is 2.50. The highest BCUT2D eigenvalue weighted by Crippen LogP contribution is 1.76. The van der Waals surface area contributed by atoms with Gasteiger partial charge < -0.3 is 0 Å². The molecule has 0 saturated carbocycles. The van der Waals surface area contributed by atoms with Crippen molar-refractivity contribution in [1.82, 2.24) is 14.9 Å². The largest absolute Gasteiger partial charge is 0.399 e. The maximum Gasteiger partial charge on any atom is 0.399 e.